The van der Waals surface area contributed by atoms with E-state index in [1.54, 1.807) is 6.08 Å². The van der Waals surface area contributed by atoms with E-state index in [2.05, 4.69) is 9.98 Å². The van der Waals surface area contributed by atoms with Gasteiger partial charge in [-0.05, 0) is 19.1 Å². The number of ether oxygens (including phenoxy) is 1. The van der Waals surface area contributed by atoms with Gasteiger partial charge in [-0.3, -0.25) is 0 Å². The lowest BCUT2D eigenvalue weighted by molar-refractivity contribution is -0.129. The number of esters is 1. The van der Waals surface area contributed by atoms with Crippen molar-refractivity contribution < 1.29 is 9.53 Å². The predicted octanol–water partition coefficient (Wildman–Crippen LogP) is 4.66. The van der Waals surface area contributed by atoms with Crippen LogP contribution in [0.15, 0.2) is 40.3 Å². The molecule has 4 rings (SSSR count). The van der Waals surface area contributed by atoms with E-state index < -0.39 is 5.97 Å². The van der Waals surface area contributed by atoms with E-state index in [4.69, 9.17) is 16.3 Å². The Kier molecular flexibility index (Phi) is 3.52. The van der Waals surface area contributed by atoms with Crippen molar-refractivity contribution in [1.82, 2.24) is 4.98 Å². The molecule has 0 bridgehead atoms. The summed E-state index contributed by atoms with van der Waals surface area (Å²) in [6.07, 6.45) is 1.63. The molecule has 1 aliphatic rings. The van der Waals surface area contributed by atoms with Gasteiger partial charge in [0.1, 0.15) is 4.88 Å². The number of aromatic nitrogens is 1. The molecule has 7 heteroatoms. The smallest absolute Gasteiger partial charge is 0.363 e. The summed E-state index contributed by atoms with van der Waals surface area (Å²) in [5.74, 6) is -0.237. The van der Waals surface area contributed by atoms with Crippen molar-refractivity contribution in [2.75, 3.05) is 0 Å². The van der Waals surface area contributed by atoms with E-state index in [0.29, 0.717) is 15.6 Å². The van der Waals surface area contributed by atoms with Crippen LogP contribution in [0.3, 0.4) is 0 Å². The Morgan fingerprint density at radius 2 is 2.13 bits per heavy atom. The van der Waals surface area contributed by atoms with Crippen molar-refractivity contribution in [2.24, 2.45) is 4.99 Å². The zero-order chi connectivity index (χ0) is 16.0. The Bertz CT molecular complexity index is 1000. The number of carbonyl (C=O) groups excluding carboxylic acids is 1. The van der Waals surface area contributed by atoms with Crippen molar-refractivity contribution in [2.45, 2.75) is 6.92 Å². The van der Waals surface area contributed by atoms with Gasteiger partial charge < -0.3 is 4.74 Å². The second-order valence-corrected chi connectivity index (χ2v) is 7.36. The molecule has 3 heterocycles. The maximum atomic E-state index is 12.0. The maximum Gasteiger partial charge on any atom is 0.363 e. The minimum atomic E-state index is -0.487. The molecule has 23 heavy (non-hydrogen) atoms. The first kappa shape index (κ1) is 14.6. The van der Waals surface area contributed by atoms with Crippen LogP contribution in [0.2, 0.25) is 5.02 Å². The first-order valence-corrected chi connectivity index (χ1v) is 8.81. The van der Waals surface area contributed by atoms with E-state index in [0.717, 1.165) is 15.1 Å². The molecule has 0 atom stereocenters. The lowest BCUT2D eigenvalue weighted by Gasteiger charge is -1.95. The summed E-state index contributed by atoms with van der Waals surface area (Å²) >= 11 is 9.38. The van der Waals surface area contributed by atoms with Crippen LogP contribution in [0.4, 0.5) is 0 Å². The number of carbonyl (C=O) groups is 1. The molecule has 4 nitrogen and oxygen atoms in total. The van der Waals surface area contributed by atoms with Crippen molar-refractivity contribution >= 4 is 62.3 Å². The van der Waals surface area contributed by atoms with Crippen molar-refractivity contribution in [1.29, 1.82) is 0 Å². The van der Waals surface area contributed by atoms with Crippen LogP contribution in [0.25, 0.3) is 16.2 Å². The summed E-state index contributed by atoms with van der Waals surface area (Å²) < 4.78 is 6.32. The average molecular weight is 361 g/mol. The number of fused-ring (bicyclic) bond motifs is 1. The summed E-state index contributed by atoms with van der Waals surface area (Å²) in [5, 5.41) is 4.29. The number of hydrogen-bond donors (Lipinski definition) is 0. The molecule has 3 aromatic rings. The number of aryl methyl sites for hydroxylation is 1. The summed E-state index contributed by atoms with van der Waals surface area (Å²) in [6, 6.07) is 7.77. The van der Waals surface area contributed by atoms with Gasteiger partial charge in [-0.1, -0.05) is 29.8 Å². The Hall–Kier alpha value is -2.02. The lowest BCUT2D eigenvalue weighted by Crippen LogP contribution is -2.04. The van der Waals surface area contributed by atoms with E-state index in [1.165, 1.54) is 22.7 Å². The molecule has 0 radical (unpaired) electrons. The molecule has 0 aliphatic carbocycles. The third-order valence-corrected chi connectivity index (χ3v) is 5.73. The molecule has 114 valence electrons. The molecule has 0 saturated carbocycles. The Balaban J connectivity index is 1.77. The highest BCUT2D eigenvalue weighted by Crippen LogP contribution is 2.37. The van der Waals surface area contributed by atoms with Crippen LogP contribution in [0, 0.1) is 6.92 Å². The minimum absolute atomic E-state index is 0.235. The molecule has 0 unspecified atom stereocenters. The van der Waals surface area contributed by atoms with Gasteiger partial charge in [-0.25, -0.2) is 14.8 Å². The average Bonchev–Trinajstić information content (AvgIpc) is 3.20. The lowest BCUT2D eigenvalue weighted by atomic mass is 10.2. The molecular formula is C16H9ClN2O2S2. The zero-order valence-electron chi connectivity index (χ0n) is 11.9. The number of thiazole rings is 1. The van der Waals surface area contributed by atoms with E-state index in [9.17, 15) is 4.79 Å². The van der Waals surface area contributed by atoms with Crippen LogP contribution in [-0.4, -0.2) is 16.9 Å². The maximum absolute atomic E-state index is 12.0. The van der Waals surface area contributed by atoms with Crippen molar-refractivity contribution in [3.05, 3.63) is 55.9 Å². The van der Waals surface area contributed by atoms with Gasteiger partial charge in [0.05, 0.1) is 15.7 Å². The van der Waals surface area contributed by atoms with Gasteiger partial charge in [0.25, 0.3) is 0 Å². The van der Waals surface area contributed by atoms with Crippen molar-refractivity contribution in [3.8, 4) is 0 Å². The molecule has 0 saturated heterocycles. The van der Waals surface area contributed by atoms with Gasteiger partial charge in [0, 0.05) is 15.5 Å². The van der Waals surface area contributed by atoms with E-state index in [-0.39, 0.29) is 11.6 Å². The SMILES string of the molecule is Cc1nc(C=C2N=C(c3sc4ccccc4c3Cl)OC2=O)cs1. The van der Waals surface area contributed by atoms with Crippen LogP contribution in [-0.2, 0) is 9.53 Å². The number of nitrogens with zero attached hydrogens (tertiary/aromatic N) is 2. The fourth-order valence-corrected chi connectivity index (χ4v) is 4.25. The molecule has 0 N–H and O–H groups in total. The van der Waals surface area contributed by atoms with Crippen LogP contribution >= 0.6 is 34.3 Å². The van der Waals surface area contributed by atoms with Crippen LogP contribution < -0.4 is 0 Å². The third kappa shape index (κ3) is 2.59. The van der Waals surface area contributed by atoms with E-state index in [1.807, 2.05) is 36.6 Å². The van der Waals surface area contributed by atoms with Gasteiger partial charge >= 0.3 is 5.97 Å². The molecule has 0 amide bonds. The number of hydrogen-bond acceptors (Lipinski definition) is 6. The summed E-state index contributed by atoms with van der Waals surface area (Å²) in [4.78, 5) is 21.3. The molecule has 2 aromatic heterocycles. The molecule has 0 spiro atoms. The monoisotopic (exact) mass is 360 g/mol. The number of aliphatic imine (C=N–C) groups is 1. The van der Waals surface area contributed by atoms with E-state index >= 15 is 0 Å². The highest BCUT2D eigenvalue weighted by Gasteiger charge is 2.28. The first-order chi connectivity index (χ1) is 11.1. The molecule has 0 fully saturated rings. The van der Waals surface area contributed by atoms with Gasteiger partial charge in [0.2, 0.25) is 5.90 Å². The molecular weight excluding hydrogens is 352 g/mol. The Morgan fingerprint density at radius 3 is 2.87 bits per heavy atom. The van der Waals surface area contributed by atoms with Crippen molar-refractivity contribution in [3.63, 3.8) is 0 Å². The fourth-order valence-electron chi connectivity index (χ4n) is 2.24. The number of thiophene rings is 1. The normalized spacial score (nSPS) is 16.2. The third-order valence-electron chi connectivity index (χ3n) is 3.27. The topological polar surface area (TPSA) is 51.6 Å². The Labute approximate surface area is 144 Å². The number of cyclic esters (lactones) is 1. The second kappa shape index (κ2) is 5.56. The minimum Gasteiger partial charge on any atom is -0.401 e. The predicted molar refractivity (Wildman–Crippen MR) is 94.3 cm³/mol. The summed E-state index contributed by atoms with van der Waals surface area (Å²) in [6.45, 7) is 1.91. The van der Waals surface area contributed by atoms with Gasteiger partial charge in [-0.2, -0.15) is 0 Å². The van der Waals surface area contributed by atoms with Gasteiger partial charge in [0.15, 0.2) is 5.70 Å². The molecule has 1 aromatic carbocycles. The summed E-state index contributed by atoms with van der Waals surface area (Å²) in [7, 11) is 0. The fraction of sp³-hybridized carbons (Fsp3) is 0.0625. The van der Waals surface area contributed by atoms with Crippen LogP contribution in [0.5, 0.6) is 0 Å². The number of benzene rings is 1. The van der Waals surface area contributed by atoms with Crippen LogP contribution in [0.1, 0.15) is 15.6 Å². The standard InChI is InChI=1S/C16H9ClN2O2S2/c1-8-18-9(7-22-8)6-11-16(20)21-15(19-11)14-13(17)10-4-2-3-5-12(10)23-14/h2-7H,1H3. The Morgan fingerprint density at radius 1 is 1.30 bits per heavy atom. The van der Waals surface area contributed by atoms with Gasteiger partial charge in [-0.15, -0.1) is 22.7 Å². The molecule has 1 aliphatic heterocycles. The number of rotatable bonds is 2. The number of halogens is 1. The largest absolute Gasteiger partial charge is 0.401 e. The highest BCUT2D eigenvalue weighted by molar-refractivity contribution is 7.21. The highest BCUT2D eigenvalue weighted by atomic mass is 35.5. The second-order valence-electron chi connectivity index (χ2n) is 4.87. The zero-order valence-corrected chi connectivity index (χ0v) is 14.3. The quantitative estimate of drug-likeness (QED) is 0.493. The summed E-state index contributed by atoms with van der Waals surface area (Å²) in [5.41, 5.74) is 0.936. The first-order valence-electron chi connectivity index (χ1n) is 6.74.